The van der Waals surface area contributed by atoms with Gasteiger partial charge < -0.3 is 29.3 Å². The summed E-state index contributed by atoms with van der Waals surface area (Å²) in [6.45, 7) is 5.17. The number of fused-ring (bicyclic) bond motifs is 3. The van der Waals surface area contributed by atoms with Crippen LogP contribution in [0.15, 0.2) is 54.6 Å². The first-order chi connectivity index (χ1) is 16.4. The van der Waals surface area contributed by atoms with Gasteiger partial charge in [-0.2, -0.15) is 0 Å². The minimum atomic E-state index is -1.18. The minimum absolute atomic E-state index is 0.0470. The third kappa shape index (κ3) is 5.31. The number of piperidine rings is 3. The number of nitrogens with zero attached hydrogens (tertiary/aromatic N) is 1. The number of aliphatic hydroxyl groups is 1. The Hall–Kier alpha value is -2.77. The molecule has 3 fully saturated rings. The Balaban J connectivity index is 1.65. The maximum Gasteiger partial charge on any atom is 0.303 e. The van der Waals surface area contributed by atoms with Gasteiger partial charge in [0.25, 0.3) is 0 Å². The molecule has 184 valence electrons. The minimum Gasteiger partial charge on any atom is -0.494 e. The molecule has 7 heteroatoms. The van der Waals surface area contributed by atoms with E-state index in [1.165, 1.54) is 0 Å². The highest BCUT2D eigenvalue weighted by atomic mass is 16.5. The largest absolute Gasteiger partial charge is 0.494 e. The van der Waals surface area contributed by atoms with Crippen LogP contribution >= 0.6 is 0 Å². The number of benzene rings is 2. The van der Waals surface area contributed by atoms with Crippen molar-refractivity contribution in [2.24, 2.45) is 5.92 Å². The summed E-state index contributed by atoms with van der Waals surface area (Å²) in [5, 5.41) is 21.8. The molecule has 0 aromatic heterocycles. The van der Waals surface area contributed by atoms with Gasteiger partial charge in [0.05, 0.1) is 13.2 Å². The summed E-state index contributed by atoms with van der Waals surface area (Å²) < 4.78 is 18.2. The molecule has 2 aromatic rings. The van der Waals surface area contributed by atoms with Gasteiger partial charge in [0.1, 0.15) is 28.5 Å². The third-order valence-corrected chi connectivity index (χ3v) is 7.23. The van der Waals surface area contributed by atoms with Crippen molar-refractivity contribution in [3.8, 4) is 17.2 Å². The fourth-order valence-corrected chi connectivity index (χ4v) is 5.46. The molecular weight excluding hydrogens is 434 g/mol. The number of para-hydroxylation sites is 1. The molecule has 2 aromatic carbocycles. The number of carboxylic acids is 1. The molecule has 0 aliphatic carbocycles. The first-order valence-corrected chi connectivity index (χ1v) is 12.2. The van der Waals surface area contributed by atoms with Gasteiger partial charge in [-0.15, -0.1) is 0 Å². The molecule has 3 aliphatic heterocycles. The number of hydrogen-bond donors (Lipinski definition) is 2. The van der Waals surface area contributed by atoms with Crippen LogP contribution in [0.1, 0.15) is 39.0 Å². The summed E-state index contributed by atoms with van der Waals surface area (Å²) >= 11 is 0. The average Bonchev–Trinajstić information content (AvgIpc) is 2.85. The van der Waals surface area contributed by atoms with E-state index in [-0.39, 0.29) is 18.8 Å². The van der Waals surface area contributed by atoms with Gasteiger partial charge in [-0.25, -0.2) is 0 Å². The van der Waals surface area contributed by atoms with Crippen molar-refractivity contribution in [3.63, 3.8) is 0 Å². The predicted molar refractivity (Wildman–Crippen MR) is 129 cm³/mol. The number of rotatable bonds is 12. The van der Waals surface area contributed by atoms with Gasteiger partial charge in [0.2, 0.25) is 0 Å². The predicted octanol–water partition coefficient (Wildman–Crippen LogP) is 3.99. The van der Waals surface area contributed by atoms with E-state index in [0.717, 1.165) is 37.4 Å². The van der Waals surface area contributed by atoms with E-state index >= 15 is 0 Å². The lowest BCUT2D eigenvalue weighted by Crippen LogP contribution is -2.72. The molecule has 2 bridgehead atoms. The Morgan fingerprint density at radius 3 is 2.24 bits per heavy atom. The van der Waals surface area contributed by atoms with Gasteiger partial charge in [0.15, 0.2) is 0 Å². The lowest BCUT2D eigenvalue weighted by Gasteiger charge is -2.58. The Morgan fingerprint density at radius 1 is 1.00 bits per heavy atom. The summed E-state index contributed by atoms with van der Waals surface area (Å²) in [6, 6.07) is 16.8. The highest BCUT2D eigenvalue weighted by Crippen LogP contribution is 2.48. The van der Waals surface area contributed by atoms with Crippen molar-refractivity contribution in [1.29, 1.82) is 0 Å². The topological polar surface area (TPSA) is 88.5 Å². The molecule has 3 saturated heterocycles. The second-order valence-electron chi connectivity index (χ2n) is 9.28. The summed E-state index contributed by atoms with van der Waals surface area (Å²) in [5.74, 6) is 1.19. The van der Waals surface area contributed by atoms with E-state index < -0.39 is 17.2 Å². The van der Waals surface area contributed by atoms with Crippen molar-refractivity contribution < 1.29 is 29.2 Å². The molecule has 2 N–H and O–H groups in total. The van der Waals surface area contributed by atoms with Crippen LogP contribution in [-0.2, 0) is 4.79 Å². The van der Waals surface area contributed by atoms with Crippen LogP contribution < -0.4 is 14.2 Å². The number of aliphatic carboxylic acids is 1. The molecule has 0 spiro atoms. The summed E-state index contributed by atoms with van der Waals surface area (Å²) in [7, 11) is 0. The maximum absolute atomic E-state index is 12.2. The highest BCUT2D eigenvalue weighted by molar-refractivity contribution is 5.66. The van der Waals surface area contributed by atoms with Crippen molar-refractivity contribution in [1.82, 2.24) is 4.90 Å². The first kappa shape index (κ1) is 24.4. The van der Waals surface area contributed by atoms with Crippen LogP contribution in [0.4, 0.5) is 0 Å². The maximum atomic E-state index is 12.2. The zero-order valence-corrected chi connectivity index (χ0v) is 19.8. The number of ether oxygens (including phenoxy) is 3. The zero-order valence-electron chi connectivity index (χ0n) is 19.8. The third-order valence-electron chi connectivity index (χ3n) is 7.23. The smallest absolute Gasteiger partial charge is 0.303 e. The molecular formula is C27H35NO6. The molecule has 3 aliphatic rings. The number of hydrogen-bond acceptors (Lipinski definition) is 6. The standard InChI is InChI=1S/C27H35NO6/c1-2-32-23-8-10-24(11-9-23)34-26(15-12-25(29)30,16-19-33-22-6-4-3-5-7-22)27(31)20-28-17-13-21(27)14-18-28/h3-11,21,31H,2,12-20H2,1H3,(H,29,30). The number of carboxylic acid groups (broad SMARTS) is 1. The van der Waals surface area contributed by atoms with Crippen molar-refractivity contribution >= 4 is 5.97 Å². The van der Waals surface area contributed by atoms with Gasteiger partial charge in [0, 0.05) is 25.8 Å². The van der Waals surface area contributed by atoms with E-state index in [0.29, 0.717) is 31.9 Å². The molecule has 0 radical (unpaired) electrons. The van der Waals surface area contributed by atoms with E-state index in [1.807, 2.05) is 61.5 Å². The lowest BCUT2D eigenvalue weighted by molar-refractivity contribution is -0.220. The quantitative estimate of drug-likeness (QED) is 0.486. The van der Waals surface area contributed by atoms with Crippen molar-refractivity contribution in [3.05, 3.63) is 54.6 Å². The van der Waals surface area contributed by atoms with Crippen LogP contribution in [-0.4, -0.2) is 65.1 Å². The molecule has 2 atom stereocenters. The van der Waals surface area contributed by atoms with Crippen LogP contribution in [0.2, 0.25) is 0 Å². The molecule has 34 heavy (non-hydrogen) atoms. The highest BCUT2D eigenvalue weighted by Gasteiger charge is 2.60. The van der Waals surface area contributed by atoms with E-state index in [4.69, 9.17) is 14.2 Å². The zero-order chi connectivity index (χ0) is 24.0. The Labute approximate surface area is 201 Å². The molecule has 3 heterocycles. The Bertz CT molecular complexity index is 928. The van der Waals surface area contributed by atoms with Crippen LogP contribution in [0, 0.1) is 5.92 Å². The fraction of sp³-hybridized carbons (Fsp3) is 0.519. The van der Waals surface area contributed by atoms with Gasteiger partial charge in [-0.1, -0.05) is 18.2 Å². The molecule has 0 amide bonds. The fourth-order valence-electron chi connectivity index (χ4n) is 5.46. The van der Waals surface area contributed by atoms with Crippen LogP contribution in [0.5, 0.6) is 17.2 Å². The van der Waals surface area contributed by atoms with E-state index in [1.54, 1.807) is 0 Å². The Kier molecular flexibility index (Phi) is 7.63. The van der Waals surface area contributed by atoms with Crippen LogP contribution in [0.25, 0.3) is 0 Å². The van der Waals surface area contributed by atoms with Gasteiger partial charge in [-0.05, 0) is 75.2 Å². The Morgan fingerprint density at radius 2 is 1.65 bits per heavy atom. The summed E-state index contributed by atoms with van der Waals surface area (Å²) in [6.07, 6.45) is 2.20. The van der Waals surface area contributed by atoms with Crippen molar-refractivity contribution in [2.45, 2.75) is 50.2 Å². The normalized spacial score (nSPS) is 25.4. The van der Waals surface area contributed by atoms with Crippen LogP contribution in [0.3, 0.4) is 0 Å². The second kappa shape index (κ2) is 10.7. The SMILES string of the molecule is CCOc1ccc(OC(CCOc2ccccc2)(CCC(=O)O)C2(O)CN3CCC2CC3)cc1. The second-order valence-corrected chi connectivity index (χ2v) is 9.28. The van der Waals surface area contributed by atoms with Crippen molar-refractivity contribution in [2.75, 3.05) is 32.8 Å². The first-order valence-electron chi connectivity index (χ1n) is 12.2. The molecule has 2 unspecified atom stereocenters. The molecule has 0 saturated carbocycles. The summed E-state index contributed by atoms with van der Waals surface area (Å²) in [4.78, 5) is 13.9. The van der Waals surface area contributed by atoms with Gasteiger partial charge in [-0.3, -0.25) is 4.79 Å². The average molecular weight is 470 g/mol. The number of carbonyl (C=O) groups is 1. The van der Waals surface area contributed by atoms with Gasteiger partial charge >= 0.3 is 5.97 Å². The molecule has 5 rings (SSSR count). The lowest BCUT2D eigenvalue weighted by atomic mass is 9.63. The summed E-state index contributed by atoms with van der Waals surface area (Å²) in [5.41, 5.74) is -2.30. The van der Waals surface area contributed by atoms with E-state index in [2.05, 4.69) is 4.90 Å². The molecule has 7 nitrogen and oxygen atoms in total. The monoisotopic (exact) mass is 469 g/mol. The van der Waals surface area contributed by atoms with E-state index in [9.17, 15) is 15.0 Å².